The largest absolute Gasteiger partial charge is 0.338 e. The van der Waals surface area contributed by atoms with E-state index in [1.165, 1.54) is 37.8 Å². The zero-order chi connectivity index (χ0) is 19.5. The number of amides is 2. The Balaban J connectivity index is 1.30. The number of likely N-dealkylation sites (tertiary alicyclic amines) is 1. The molecule has 2 unspecified atom stereocenters. The molecule has 0 spiro atoms. The summed E-state index contributed by atoms with van der Waals surface area (Å²) >= 11 is 0. The number of carbonyl (C=O) groups is 2. The van der Waals surface area contributed by atoms with Crippen molar-refractivity contribution in [3.8, 4) is 0 Å². The van der Waals surface area contributed by atoms with Gasteiger partial charge in [-0.25, -0.2) is 4.39 Å². The second-order valence-corrected chi connectivity index (χ2v) is 8.39. The maximum absolute atomic E-state index is 13.9. The van der Waals surface area contributed by atoms with E-state index in [2.05, 4.69) is 9.80 Å². The predicted octanol–water partition coefficient (Wildman–Crippen LogP) is 2.76. The smallest absolute Gasteiger partial charge is 0.256 e. The van der Waals surface area contributed by atoms with Crippen molar-refractivity contribution < 1.29 is 14.0 Å². The highest BCUT2D eigenvalue weighted by atomic mass is 19.1. The molecule has 6 heteroatoms. The molecule has 1 aliphatic carbocycles. The second-order valence-electron chi connectivity index (χ2n) is 8.39. The molecule has 2 atom stereocenters. The minimum absolute atomic E-state index is 0.128. The number of benzene rings is 1. The van der Waals surface area contributed by atoms with Gasteiger partial charge in [0.2, 0.25) is 5.91 Å². The molecule has 2 saturated heterocycles. The minimum atomic E-state index is -0.475. The Morgan fingerprint density at radius 2 is 1.64 bits per heavy atom. The van der Waals surface area contributed by atoms with Gasteiger partial charge < -0.3 is 9.80 Å². The first kappa shape index (κ1) is 19.4. The Hall–Kier alpha value is -1.95. The van der Waals surface area contributed by atoms with E-state index in [1.54, 1.807) is 17.0 Å². The van der Waals surface area contributed by atoms with Crippen molar-refractivity contribution >= 4 is 11.8 Å². The second kappa shape index (κ2) is 8.60. The Bertz CT molecular complexity index is 715. The van der Waals surface area contributed by atoms with Gasteiger partial charge in [-0.05, 0) is 43.7 Å². The number of piperazine rings is 1. The summed E-state index contributed by atoms with van der Waals surface area (Å²) in [5.41, 5.74) is 0.128. The van der Waals surface area contributed by atoms with E-state index in [4.69, 9.17) is 0 Å². The van der Waals surface area contributed by atoms with Crippen LogP contribution in [-0.2, 0) is 4.79 Å². The number of hydrogen-bond donors (Lipinski definition) is 0. The van der Waals surface area contributed by atoms with E-state index in [0.717, 1.165) is 19.4 Å². The molecule has 2 amide bonds. The van der Waals surface area contributed by atoms with Gasteiger partial charge in [-0.3, -0.25) is 14.5 Å². The first-order chi connectivity index (χ1) is 13.6. The van der Waals surface area contributed by atoms with Crippen LogP contribution in [-0.4, -0.2) is 71.8 Å². The Kier molecular flexibility index (Phi) is 5.95. The van der Waals surface area contributed by atoms with Gasteiger partial charge in [0.05, 0.1) is 12.1 Å². The predicted molar refractivity (Wildman–Crippen MR) is 105 cm³/mol. The van der Waals surface area contributed by atoms with Crippen LogP contribution in [0.1, 0.15) is 48.9 Å². The maximum Gasteiger partial charge on any atom is 0.256 e. The maximum atomic E-state index is 13.9. The SMILES string of the molecule is O=C(c1ccccc1F)N1CCN(CC(=O)N2CCCC3CCCCC32)CC1. The Morgan fingerprint density at radius 3 is 2.43 bits per heavy atom. The highest BCUT2D eigenvalue weighted by molar-refractivity contribution is 5.94. The first-order valence-electron chi connectivity index (χ1n) is 10.7. The number of carbonyl (C=O) groups excluding carboxylic acids is 2. The third-order valence-electron chi connectivity index (χ3n) is 6.69. The normalized spacial score (nSPS) is 26.0. The van der Waals surface area contributed by atoms with Crippen LogP contribution in [0.15, 0.2) is 24.3 Å². The number of rotatable bonds is 3. The van der Waals surface area contributed by atoms with Gasteiger partial charge in [-0.2, -0.15) is 0 Å². The van der Waals surface area contributed by atoms with Crippen LogP contribution in [0.4, 0.5) is 4.39 Å². The summed E-state index contributed by atoms with van der Waals surface area (Å²) in [7, 11) is 0. The molecule has 0 aromatic heterocycles. The summed E-state index contributed by atoms with van der Waals surface area (Å²) in [6.45, 7) is 3.72. The van der Waals surface area contributed by atoms with Crippen LogP contribution in [0.2, 0.25) is 0 Å². The first-order valence-corrected chi connectivity index (χ1v) is 10.7. The zero-order valence-electron chi connectivity index (χ0n) is 16.5. The van der Waals surface area contributed by atoms with Crippen LogP contribution >= 0.6 is 0 Å². The van der Waals surface area contributed by atoms with E-state index in [1.807, 2.05) is 0 Å². The minimum Gasteiger partial charge on any atom is -0.338 e. The summed E-state index contributed by atoms with van der Waals surface area (Å²) in [4.78, 5) is 31.5. The van der Waals surface area contributed by atoms with E-state index < -0.39 is 5.82 Å². The van der Waals surface area contributed by atoms with Gasteiger partial charge in [0, 0.05) is 38.8 Å². The van der Waals surface area contributed by atoms with E-state index >= 15 is 0 Å². The molecule has 3 aliphatic rings. The molecule has 1 aromatic carbocycles. The molecule has 2 aliphatic heterocycles. The van der Waals surface area contributed by atoms with Crippen molar-refractivity contribution in [2.75, 3.05) is 39.3 Å². The molecule has 3 fully saturated rings. The fraction of sp³-hybridized carbons (Fsp3) is 0.636. The van der Waals surface area contributed by atoms with Gasteiger partial charge in [0.1, 0.15) is 5.82 Å². The van der Waals surface area contributed by atoms with Crippen molar-refractivity contribution in [2.45, 2.75) is 44.6 Å². The molecule has 0 bridgehead atoms. The van der Waals surface area contributed by atoms with Crippen molar-refractivity contribution in [2.24, 2.45) is 5.92 Å². The number of piperidine rings is 1. The van der Waals surface area contributed by atoms with Crippen molar-refractivity contribution in [3.05, 3.63) is 35.6 Å². The summed E-state index contributed by atoms with van der Waals surface area (Å²) in [5, 5.41) is 0. The molecule has 152 valence electrons. The average Bonchev–Trinajstić information content (AvgIpc) is 2.73. The lowest BCUT2D eigenvalue weighted by molar-refractivity contribution is -0.139. The molecule has 0 N–H and O–H groups in total. The molecule has 5 nitrogen and oxygen atoms in total. The Labute approximate surface area is 166 Å². The van der Waals surface area contributed by atoms with E-state index in [-0.39, 0.29) is 17.4 Å². The third-order valence-corrected chi connectivity index (χ3v) is 6.69. The van der Waals surface area contributed by atoms with Gasteiger partial charge in [-0.1, -0.05) is 25.0 Å². The fourth-order valence-corrected chi connectivity index (χ4v) is 5.13. The van der Waals surface area contributed by atoms with Crippen LogP contribution in [0.3, 0.4) is 0 Å². The summed E-state index contributed by atoms with van der Waals surface area (Å²) in [6, 6.07) is 6.57. The summed E-state index contributed by atoms with van der Waals surface area (Å²) < 4.78 is 13.9. The van der Waals surface area contributed by atoms with Crippen LogP contribution in [0, 0.1) is 11.7 Å². The van der Waals surface area contributed by atoms with Crippen molar-refractivity contribution in [1.82, 2.24) is 14.7 Å². The quantitative estimate of drug-likeness (QED) is 0.801. The molecule has 28 heavy (non-hydrogen) atoms. The summed E-state index contributed by atoms with van der Waals surface area (Å²) in [6.07, 6.45) is 7.36. The molecule has 0 radical (unpaired) electrons. The van der Waals surface area contributed by atoms with Gasteiger partial charge >= 0.3 is 0 Å². The topological polar surface area (TPSA) is 43.9 Å². The van der Waals surface area contributed by atoms with Gasteiger partial charge in [-0.15, -0.1) is 0 Å². The monoisotopic (exact) mass is 387 g/mol. The van der Waals surface area contributed by atoms with Gasteiger partial charge in [0.15, 0.2) is 0 Å². The van der Waals surface area contributed by atoms with Crippen molar-refractivity contribution in [1.29, 1.82) is 0 Å². The standard InChI is InChI=1S/C22H30FN3O2/c23-19-9-3-2-8-18(19)22(28)25-14-12-24(13-15-25)16-21(27)26-11-5-7-17-6-1-4-10-20(17)26/h2-3,8-9,17,20H,1,4-7,10-16H2. The van der Waals surface area contributed by atoms with Gasteiger partial charge in [0.25, 0.3) is 5.91 Å². The highest BCUT2D eigenvalue weighted by Crippen LogP contribution is 2.35. The molecule has 1 aromatic rings. The molecular formula is C22H30FN3O2. The van der Waals surface area contributed by atoms with E-state index in [0.29, 0.717) is 44.7 Å². The fourth-order valence-electron chi connectivity index (χ4n) is 5.13. The molecule has 2 heterocycles. The lowest BCUT2D eigenvalue weighted by Crippen LogP contribution is -2.55. The molecular weight excluding hydrogens is 357 g/mol. The van der Waals surface area contributed by atoms with Crippen LogP contribution < -0.4 is 0 Å². The third kappa shape index (κ3) is 4.07. The summed E-state index contributed by atoms with van der Waals surface area (Å²) in [5.74, 6) is 0.203. The molecule has 1 saturated carbocycles. The Morgan fingerprint density at radius 1 is 0.929 bits per heavy atom. The van der Waals surface area contributed by atoms with Crippen LogP contribution in [0.25, 0.3) is 0 Å². The van der Waals surface area contributed by atoms with Crippen molar-refractivity contribution in [3.63, 3.8) is 0 Å². The number of nitrogens with zero attached hydrogens (tertiary/aromatic N) is 3. The number of hydrogen-bond acceptors (Lipinski definition) is 3. The highest BCUT2D eigenvalue weighted by Gasteiger charge is 2.36. The molecule has 4 rings (SSSR count). The number of halogens is 1. The lowest BCUT2D eigenvalue weighted by Gasteiger charge is -2.45. The van der Waals surface area contributed by atoms with Crippen LogP contribution in [0.5, 0.6) is 0 Å². The lowest BCUT2D eigenvalue weighted by atomic mass is 9.78. The van der Waals surface area contributed by atoms with E-state index in [9.17, 15) is 14.0 Å². The average molecular weight is 387 g/mol. The number of fused-ring (bicyclic) bond motifs is 1. The zero-order valence-corrected chi connectivity index (χ0v) is 16.5.